The Morgan fingerprint density at radius 2 is 1.76 bits per heavy atom. The van der Waals surface area contributed by atoms with Crippen LogP contribution in [0.25, 0.3) is 10.9 Å². The molecule has 1 amide bonds. The number of hydrogen-bond acceptors (Lipinski definition) is 4. The molecule has 0 aliphatic rings. The first-order valence-corrected chi connectivity index (χ1v) is 9.95. The summed E-state index contributed by atoms with van der Waals surface area (Å²) in [5, 5.41) is 4.19. The van der Waals surface area contributed by atoms with Crippen LogP contribution < -0.4 is 5.32 Å². The zero-order valence-electron chi connectivity index (χ0n) is 16.7. The molecule has 0 atom stereocenters. The molecule has 0 spiro atoms. The molecular formula is C23H23ClN2O3. The number of ether oxygens (including phenoxy) is 1. The second-order valence-electron chi connectivity index (χ2n) is 6.74. The molecule has 0 radical (unpaired) electrons. The van der Waals surface area contributed by atoms with Crippen LogP contribution in [-0.2, 0) is 22.4 Å². The highest BCUT2D eigenvalue weighted by Crippen LogP contribution is 2.23. The van der Waals surface area contributed by atoms with Crippen LogP contribution in [0.1, 0.15) is 41.0 Å². The van der Waals surface area contributed by atoms with Crippen LogP contribution in [0, 0.1) is 6.92 Å². The van der Waals surface area contributed by atoms with Gasteiger partial charge >= 0.3 is 5.97 Å². The average molecular weight is 411 g/mol. The topological polar surface area (TPSA) is 68.3 Å². The third-order valence-electron chi connectivity index (χ3n) is 4.78. The number of aromatic nitrogens is 1. The molecule has 0 aliphatic heterocycles. The number of fused-ring (bicyclic) bond motifs is 1. The largest absolute Gasteiger partial charge is 0.452 e. The molecule has 6 heteroatoms. The van der Waals surface area contributed by atoms with Crippen molar-refractivity contribution in [1.29, 1.82) is 0 Å². The first-order chi connectivity index (χ1) is 13.9. The molecule has 0 bridgehead atoms. The standard InChI is InChI=1S/C23H23ClN2O3/c1-4-15-7-6-8-16(5-2)22(15)26-21(27)13-29-23(28)19-12-17-11-18(24)9-10-20(17)25-14(19)3/h6-12H,4-5,13H2,1-3H3,(H,26,27). The van der Waals surface area contributed by atoms with Gasteiger partial charge in [0.1, 0.15) is 0 Å². The van der Waals surface area contributed by atoms with Crippen LogP contribution >= 0.6 is 11.6 Å². The normalized spacial score (nSPS) is 10.8. The number of nitrogens with zero attached hydrogens (tertiary/aromatic N) is 1. The van der Waals surface area contributed by atoms with Crippen molar-refractivity contribution in [1.82, 2.24) is 4.98 Å². The number of nitrogens with one attached hydrogen (secondary N) is 1. The van der Waals surface area contributed by atoms with E-state index in [0.29, 0.717) is 16.3 Å². The van der Waals surface area contributed by atoms with Crippen LogP contribution in [0.15, 0.2) is 42.5 Å². The van der Waals surface area contributed by atoms with E-state index in [4.69, 9.17) is 16.3 Å². The number of esters is 1. The number of carbonyl (C=O) groups is 2. The summed E-state index contributed by atoms with van der Waals surface area (Å²) < 4.78 is 5.25. The van der Waals surface area contributed by atoms with Crippen LogP contribution in [-0.4, -0.2) is 23.5 Å². The summed E-state index contributed by atoms with van der Waals surface area (Å²) in [6.07, 6.45) is 1.60. The quantitative estimate of drug-likeness (QED) is 0.573. The molecule has 0 unspecified atom stereocenters. The molecule has 29 heavy (non-hydrogen) atoms. The monoisotopic (exact) mass is 410 g/mol. The summed E-state index contributed by atoms with van der Waals surface area (Å²) in [4.78, 5) is 29.3. The van der Waals surface area contributed by atoms with Crippen LogP contribution in [0.2, 0.25) is 5.02 Å². The number of anilines is 1. The second kappa shape index (κ2) is 9.05. The number of pyridine rings is 1. The maximum absolute atomic E-state index is 12.5. The van der Waals surface area contributed by atoms with E-state index in [1.165, 1.54) is 0 Å². The molecule has 1 heterocycles. The fraction of sp³-hybridized carbons (Fsp3) is 0.261. The maximum atomic E-state index is 12.5. The van der Waals surface area contributed by atoms with Crippen LogP contribution in [0.5, 0.6) is 0 Å². The van der Waals surface area contributed by atoms with E-state index < -0.39 is 5.97 Å². The van der Waals surface area contributed by atoms with Gasteiger partial charge in [0.25, 0.3) is 5.91 Å². The summed E-state index contributed by atoms with van der Waals surface area (Å²) in [6.45, 7) is 5.43. The van der Waals surface area contributed by atoms with Crippen molar-refractivity contribution in [2.75, 3.05) is 11.9 Å². The number of para-hydroxylation sites is 1. The van der Waals surface area contributed by atoms with Crippen molar-refractivity contribution in [3.8, 4) is 0 Å². The molecule has 0 aliphatic carbocycles. The van der Waals surface area contributed by atoms with Gasteiger partial charge in [0.05, 0.1) is 16.8 Å². The van der Waals surface area contributed by atoms with Gasteiger partial charge in [-0.3, -0.25) is 9.78 Å². The molecular weight excluding hydrogens is 388 g/mol. The number of halogens is 1. The Morgan fingerprint density at radius 1 is 1.07 bits per heavy atom. The summed E-state index contributed by atoms with van der Waals surface area (Å²) in [5.74, 6) is -0.963. The van der Waals surface area contributed by atoms with E-state index in [2.05, 4.69) is 10.3 Å². The molecule has 1 aromatic heterocycles. The number of carbonyl (C=O) groups excluding carboxylic acids is 2. The van der Waals surface area contributed by atoms with Crippen LogP contribution in [0.3, 0.4) is 0 Å². The van der Waals surface area contributed by atoms with Gasteiger partial charge in [0.2, 0.25) is 0 Å². The van der Waals surface area contributed by atoms with E-state index in [1.54, 1.807) is 31.2 Å². The Morgan fingerprint density at radius 3 is 2.41 bits per heavy atom. The average Bonchev–Trinajstić information content (AvgIpc) is 2.71. The Hall–Kier alpha value is -2.92. The van der Waals surface area contributed by atoms with Gasteiger partial charge < -0.3 is 10.1 Å². The van der Waals surface area contributed by atoms with Gasteiger partial charge in [-0.25, -0.2) is 4.79 Å². The molecule has 0 saturated carbocycles. The van der Waals surface area contributed by atoms with Gasteiger partial charge in [-0.1, -0.05) is 43.6 Å². The van der Waals surface area contributed by atoms with Gasteiger partial charge in [-0.2, -0.15) is 0 Å². The lowest BCUT2D eigenvalue weighted by molar-refractivity contribution is -0.119. The molecule has 3 aromatic rings. The Labute approximate surface area is 175 Å². The number of benzene rings is 2. The number of rotatable bonds is 6. The van der Waals surface area contributed by atoms with E-state index in [0.717, 1.165) is 40.6 Å². The first kappa shape index (κ1) is 20.8. The molecule has 150 valence electrons. The van der Waals surface area contributed by atoms with Crippen molar-refractivity contribution < 1.29 is 14.3 Å². The van der Waals surface area contributed by atoms with E-state index in [9.17, 15) is 9.59 Å². The number of hydrogen-bond donors (Lipinski definition) is 1. The number of aryl methyl sites for hydroxylation is 3. The van der Waals surface area contributed by atoms with Crippen molar-refractivity contribution >= 4 is 40.1 Å². The summed E-state index contributed by atoms with van der Waals surface area (Å²) in [7, 11) is 0. The Balaban J connectivity index is 1.72. The third kappa shape index (κ3) is 4.74. The van der Waals surface area contributed by atoms with Crippen molar-refractivity contribution in [2.24, 2.45) is 0 Å². The van der Waals surface area contributed by atoms with E-state index in [-0.39, 0.29) is 12.5 Å². The SMILES string of the molecule is CCc1cccc(CC)c1NC(=O)COC(=O)c1cc2cc(Cl)ccc2nc1C. The fourth-order valence-corrected chi connectivity index (χ4v) is 3.42. The lowest BCUT2D eigenvalue weighted by Crippen LogP contribution is -2.22. The van der Waals surface area contributed by atoms with E-state index >= 15 is 0 Å². The minimum absolute atomic E-state index is 0.316. The molecule has 0 fully saturated rings. The second-order valence-corrected chi connectivity index (χ2v) is 7.18. The highest BCUT2D eigenvalue weighted by molar-refractivity contribution is 6.31. The summed E-state index contributed by atoms with van der Waals surface area (Å²) in [6, 6.07) is 12.9. The van der Waals surface area contributed by atoms with Gasteiger partial charge in [0, 0.05) is 16.1 Å². The predicted molar refractivity (Wildman–Crippen MR) is 116 cm³/mol. The van der Waals surface area contributed by atoms with Gasteiger partial charge in [-0.15, -0.1) is 0 Å². The zero-order valence-corrected chi connectivity index (χ0v) is 17.5. The van der Waals surface area contributed by atoms with E-state index in [1.807, 2.05) is 32.0 Å². The smallest absolute Gasteiger partial charge is 0.340 e. The highest BCUT2D eigenvalue weighted by Gasteiger charge is 2.16. The van der Waals surface area contributed by atoms with Crippen LogP contribution in [0.4, 0.5) is 5.69 Å². The molecule has 5 nitrogen and oxygen atoms in total. The van der Waals surface area contributed by atoms with Crippen molar-refractivity contribution in [3.05, 3.63) is 69.9 Å². The van der Waals surface area contributed by atoms with Crippen molar-refractivity contribution in [3.63, 3.8) is 0 Å². The molecule has 2 aromatic carbocycles. The van der Waals surface area contributed by atoms with Gasteiger partial charge in [0.15, 0.2) is 6.61 Å². The molecule has 1 N–H and O–H groups in total. The first-order valence-electron chi connectivity index (χ1n) is 9.57. The Kier molecular flexibility index (Phi) is 6.49. The minimum atomic E-state index is -0.591. The lowest BCUT2D eigenvalue weighted by Gasteiger charge is -2.14. The highest BCUT2D eigenvalue weighted by atomic mass is 35.5. The Bertz CT molecular complexity index is 1060. The fourth-order valence-electron chi connectivity index (χ4n) is 3.24. The maximum Gasteiger partial charge on any atom is 0.340 e. The third-order valence-corrected chi connectivity index (χ3v) is 5.02. The molecule has 3 rings (SSSR count). The number of amides is 1. The summed E-state index contributed by atoms with van der Waals surface area (Å²) >= 11 is 6.02. The summed E-state index contributed by atoms with van der Waals surface area (Å²) in [5.41, 5.74) is 4.50. The lowest BCUT2D eigenvalue weighted by atomic mass is 10.0. The predicted octanol–water partition coefficient (Wildman–Crippen LogP) is 5.12. The zero-order chi connectivity index (χ0) is 21.0. The molecule has 0 saturated heterocycles. The van der Waals surface area contributed by atoms with Gasteiger partial charge in [-0.05, 0) is 55.2 Å². The van der Waals surface area contributed by atoms with Crippen molar-refractivity contribution in [2.45, 2.75) is 33.6 Å². The minimum Gasteiger partial charge on any atom is -0.452 e.